The summed E-state index contributed by atoms with van der Waals surface area (Å²) in [6, 6.07) is 21.8. The molecule has 150 valence electrons. The third-order valence-electron chi connectivity index (χ3n) is 5.28. The van der Waals surface area contributed by atoms with Crippen molar-refractivity contribution in [2.45, 2.75) is 18.6 Å². The van der Waals surface area contributed by atoms with Crippen LogP contribution in [-0.4, -0.2) is 35.7 Å². The summed E-state index contributed by atoms with van der Waals surface area (Å²) in [5, 5.41) is 18.3. The quantitative estimate of drug-likeness (QED) is 0.356. The molecule has 1 unspecified atom stereocenters. The highest BCUT2D eigenvalue weighted by molar-refractivity contribution is 6.58. The molecule has 4 rings (SSSR count). The van der Waals surface area contributed by atoms with Crippen LogP contribution in [0.1, 0.15) is 22.6 Å². The fourth-order valence-corrected chi connectivity index (χ4v) is 3.87. The molecule has 0 aromatic heterocycles. The highest BCUT2D eigenvalue weighted by atomic mass is 16.6. The topological polar surface area (TPSA) is 93.1 Å². The number of esters is 1. The largest absolute Gasteiger partial charge is 0.488 e. The van der Waals surface area contributed by atoms with Gasteiger partial charge in [0.1, 0.15) is 6.61 Å². The molecule has 6 nitrogen and oxygen atoms in total. The van der Waals surface area contributed by atoms with Gasteiger partial charge in [0.15, 0.2) is 0 Å². The molecule has 7 heteroatoms. The summed E-state index contributed by atoms with van der Waals surface area (Å²) < 4.78 is 10.7. The summed E-state index contributed by atoms with van der Waals surface area (Å²) in [5.74, 6) is -1.10. The van der Waals surface area contributed by atoms with Gasteiger partial charge in [-0.1, -0.05) is 72.8 Å². The van der Waals surface area contributed by atoms with E-state index in [0.717, 1.165) is 22.3 Å². The van der Waals surface area contributed by atoms with Gasteiger partial charge < -0.3 is 19.5 Å². The molecule has 0 bridgehead atoms. The second-order valence-corrected chi connectivity index (χ2v) is 7.03. The normalized spacial score (nSPS) is 13.1. The van der Waals surface area contributed by atoms with Crippen molar-refractivity contribution < 1.29 is 29.1 Å². The summed E-state index contributed by atoms with van der Waals surface area (Å²) in [5.41, 5.74) is 4.83. The molecule has 0 saturated carbocycles. The third-order valence-corrected chi connectivity index (χ3v) is 5.28. The predicted molar refractivity (Wildman–Crippen MR) is 111 cm³/mol. The van der Waals surface area contributed by atoms with Crippen molar-refractivity contribution in [3.05, 3.63) is 89.5 Å². The van der Waals surface area contributed by atoms with Gasteiger partial charge in [0.2, 0.25) is 6.10 Å². The van der Waals surface area contributed by atoms with Crippen LogP contribution in [0.3, 0.4) is 0 Å². The number of rotatable bonds is 7. The minimum atomic E-state index is -1.56. The number of fused-ring (bicyclic) bond motifs is 3. The van der Waals surface area contributed by atoms with Crippen LogP contribution in [0.15, 0.2) is 72.8 Å². The van der Waals surface area contributed by atoms with E-state index in [9.17, 15) is 9.59 Å². The zero-order chi connectivity index (χ0) is 21.1. The van der Waals surface area contributed by atoms with Crippen molar-refractivity contribution in [3.63, 3.8) is 0 Å². The summed E-state index contributed by atoms with van der Waals surface area (Å²) in [4.78, 5) is 24.1. The molecule has 1 atom stereocenters. The second kappa shape index (κ2) is 8.53. The predicted octanol–water partition coefficient (Wildman–Crippen LogP) is 1.76. The zero-order valence-corrected chi connectivity index (χ0v) is 16.0. The Balaban J connectivity index is 1.58. The first-order valence-corrected chi connectivity index (χ1v) is 9.49. The van der Waals surface area contributed by atoms with Crippen LogP contribution in [0.5, 0.6) is 0 Å². The lowest BCUT2D eigenvalue weighted by molar-refractivity contribution is -0.163. The van der Waals surface area contributed by atoms with E-state index < -0.39 is 25.1 Å². The van der Waals surface area contributed by atoms with E-state index in [0.29, 0.717) is 11.0 Å². The summed E-state index contributed by atoms with van der Waals surface area (Å²) in [6.07, 6.45) is -1.12. The number of benzene rings is 3. The fourth-order valence-electron chi connectivity index (χ4n) is 3.87. The van der Waals surface area contributed by atoms with Crippen molar-refractivity contribution in [2.24, 2.45) is 0 Å². The minimum absolute atomic E-state index is 0.0324. The first kappa shape index (κ1) is 19.9. The van der Waals surface area contributed by atoms with Crippen molar-refractivity contribution in [1.82, 2.24) is 0 Å². The van der Waals surface area contributed by atoms with Crippen molar-refractivity contribution in [3.8, 4) is 11.1 Å². The van der Waals surface area contributed by atoms with Crippen LogP contribution >= 0.6 is 0 Å². The average molecular weight is 402 g/mol. The molecular formula is C23H19BO6. The van der Waals surface area contributed by atoms with Gasteiger partial charge in [-0.3, -0.25) is 4.79 Å². The van der Waals surface area contributed by atoms with Gasteiger partial charge in [0.05, 0.1) is 5.92 Å². The van der Waals surface area contributed by atoms with Crippen molar-refractivity contribution >= 4 is 25.0 Å². The van der Waals surface area contributed by atoms with E-state index in [4.69, 9.17) is 19.5 Å². The summed E-state index contributed by atoms with van der Waals surface area (Å²) in [6.45, 7) is 0.238. The number of hydrogen-bond donors (Lipinski definition) is 2. The number of carbonyl (C=O) groups is 2. The Labute approximate surface area is 173 Å². The van der Waals surface area contributed by atoms with Crippen molar-refractivity contribution in [2.75, 3.05) is 0 Å². The average Bonchev–Trinajstić information content (AvgIpc) is 3.10. The van der Waals surface area contributed by atoms with Crippen LogP contribution in [0, 0.1) is 0 Å². The van der Waals surface area contributed by atoms with Crippen LogP contribution in [0.25, 0.3) is 11.1 Å². The maximum atomic E-state index is 12.9. The Kier molecular flexibility index (Phi) is 5.65. The summed E-state index contributed by atoms with van der Waals surface area (Å²) in [7, 11) is -1.56. The molecule has 1 aliphatic rings. The Morgan fingerprint density at radius 2 is 1.50 bits per heavy atom. The van der Waals surface area contributed by atoms with Crippen LogP contribution in [-0.2, 0) is 25.7 Å². The van der Waals surface area contributed by atoms with Gasteiger partial charge in [-0.25, -0.2) is 4.79 Å². The lowest BCUT2D eigenvalue weighted by atomic mass is 9.80. The van der Waals surface area contributed by atoms with Crippen LogP contribution in [0.2, 0.25) is 0 Å². The van der Waals surface area contributed by atoms with E-state index in [1.807, 2.05) is 48.5 Å². The highest BCUT2D eigenvalue weighted by Gasteiger charge is 2.40. The molecule has 0 aliphatic heterocycles. The van der Waals surface area contributed by atoms with E-state index >= 15 is 0 Å². The number of ether oxygens (including phenoxy) is 2. The number of hydrogen-bond acceptors (Lipinski definition) is 6. The van der Waals surface area contributed by atoms with Gasteiger partial charge in [-0.2, -0.15) is 0 Å². The maximum absolute atomic E-state index is 12.9. The van der Waals surface area contributed by atoms with E-state index in [1.165, 1.54) is 12.1 Å². The Morgan fingerprint density at radius 3 is 2.03 bits per heavy atom. The first-order valence-electron chi connectivity index (χ1n) is 9.49. The molecule has 2 N–H and O–H groups in total. The highest BCUT2D eigenvalue weighted by Crippen LogP contribution is 2.46. The molecule has 0 fully saturated rings. The second-order valence-electron chi connectivity index (χ2n) is 7.03. The van der Waals surface area contributed by atoms with Gasteiger partial charge in [-0.05, 0) is 33.3 Å². The van der Waals surface area contributed by atoms with Gasteiger partial charge >= 0.3 is 13.1 Å². The van der Waals surface area contributed by atoms with E-state index in [2.05, 4.69) is 0 Å². The Bertz CT molecular complexity index is 1020. The van der Waals surface area contributed by atoms with Crippen molar-refractivity contribution in [1.29, 1.82) is 0 Å². The molecule has 0 amide bonds. The molecule has 30 heavy (non-hydrogen) atoms. The Hall–Kier alpha value is -3.42. The van der Waals surface area contributed by atoms with Crippen LogP contribution in [0.4, 0.5) is 0 Å². The molecular weight excluding hydrogens is 383 g/mol. The monoisotopic (exact) mass is 402 g/mol. The lowest BCUT2D eigenvalue weighted by Gasteiger charge is -2.22. The molecule has 1 aliphatic carbocycles. The van der Waals surface area contributed by atoms with Crippen LogP contribution < -0.4 is 5.46 Å². The van der Waals surface area contributed by atoms with Gasteiger partial charge in [0, 0.05) is 0 Å². The van der Waals surface area contributed by atoms with E-state index in [1.54, 1.807) is 12.1 Å². The smallest absolute Gasteiger partial charge is 0.458 e. The molecule has 0 radical (unpaired) electrons. The molecule has 3 aromatic carbocycles. The van der Waals surface area contributed by atoms with E-state index in [-0.39, 0.29) is 13.1 Å². The molecule has 0 spiro atoms. The third kappa shape index (κ3) is 3.73. The minimum Gasteiger partial charge on any atom is -0.458 e. The lowest BCUT2D eigenvalue weighted by Crippen LogP contribution is -2.32. The zero-order valence-electron chi connectivity index (χ0n) is 16.0. The fraction of sp³-hybridized carbons (Fsp3) is 0.130. The maximum Gasteiger partial charge on any atom is 0.488 e. The standard InChI is InChI=1S/C23H19BO6/c25-14-30-22(23(26)29-13-15-9-11-16(12-10-15)24(27)28)21-19-7-3-1-5-17(19)18-6-2-4-8-20(18)21/h1-12,14,21-22,27-28H,13H2. The Morgan fingerprint density at radius 1 is 0.933 bits per heavy atom. The van der Waals surface area contributed by atoms with Gasteiger partial charge in [-0.15, -0.1) is 0 Å². The number of carbonyl (C=O) groups excluding carboxylic acids is 2. The molecule has 0 saturated heterocycles. The summed E-state index contributed by atoms with van der Waals surface area (Å²) >= 11 is 0. The van der Waals surface area contributed by atoms with Gasteiger partial charge in [0.25, 0.3) is 6.47 Å². The first-order chi connectivity index (χ1) is 14.6. The molecule has 0 heterocycles. The SMILES string of the molecule is O=COC(C(=O)OCc1ccc(B(O)O)cc1)C1c2ccccc2-c2ccccc21. The molecule has 3 aromatic rings.